The monoisotopic (exact) mass is 392 g/mol. The number of ether oxygens (including phenoxy) is 1. The van der Waals surface area contributed by atoms with Crippen molar-refractivity contribution in [2.24, 2.45) is 0 Å². The van der Waals surface area contributed by atoms with Crippen molar-refractivity contribution >= 4 is 28.9 Å². The highest BCUT2D eigenvalue weighted by Crippen LogP contribution is 2.36. The SMILES string of the molecule is C=CC(=O)OCNc1ccc(NCCCCC)c2c1C(=O)c1ccccc1C2=O. The minimum absolute atomic E-state index is 0.135. The third-order valence-corrected chi connectivity index (χ3v) is 4.82. The summed E-state index contributed by atoms with van der Waals surface area (Å²) in [6, 6.07) is 10.3. The van der Waals surface area contributed by atoms with E-state index in [1.54, 1.807) is 36.4 Å². The summed E-state index contributed by atoms with van der Waals surface area (Å²) in [5.41, 5.74) is 2.51. The van der Waals surface area contributed by atoms with E-state index in [2.05, 4.69) is 24.1 Å². The number of carbonyl (C=O) groups excluding carboxylic acids is 3. The summed E-state index contributed by atoms with van der Waals surface area (Å²) in [5, 5.41) is 6.23. The van der Waals surface area contributed by atoms with E-state index in [0.717, 1.165) is 25.3 Å². The molecule has 0 saturated carbocycles. The number of carbonyl (C=O) groups is 3. The van der Waals surface area contributed by atoms with Gasteiger partial charge in [-0.05, 0) is 18.6 Å². The molecule has 2 aromatic carbocycles. The van der Waals surface area contributed by atoms with Crippen LogP contribution in [0.4, 0.5) is 11.4 Å². The van der Waals surface area contributed by atoms with Gasteiger partial charge in [-0.15, -0.1) is 0 Å². The second-order valence-corrected chi connectivity index (χ2v) is 6.74. The number of esters is 1. The molecule has 0 aliphatic heterocycles. The maximum absolute atomic E-state index is 13.2. The normalized spacial score (nSPS) is 12.0. The highest BCUT2D eigenvalue weighted by atomic mass is 16.5. The number of nitrogens with one attached hydrogen (secondary N) is 2. The molecule has 0 heterocycles. The standard InChI is InChI=1S/C23H24N2O4/c1-3-5-8-13-24-17-11-12-18(25-14-29-19(26)4-2)21-20(17)22(27)15-9-6-7-10-16(15)23(21)28/h4,6-7,9-12,24-25H,2-3,5,8,13-14H2,1H3. The lowest BCUT2D eigenvalue weighted by atomic mass is 9.82. The van der Waals surface area contributed by atoms with Crippen molar-refractivity contribution in [1.82, 2.24) is 0 Å². The number of ketones is 2. The number of anilines is 2. The molecular weight excluding hydrogens is 368 g/mol. The summed E-state index contributed by atoms with van der Waals surface area (Å²) < 4.78 is 4.96. The lowest BCUT2D eigenvalue weighted by Gasteiger charge is -2.23. The van der Waals surface area contributed by atoms with Crippen LogP contribution in [-0.2, 0) is 9.53 Å². The third kappa shape index (κ3) is 4.21. The molecule has 29 heavy (non-hydrogen) atoms. The van der Waals surface area contributed by atoms with Crippen LogP contribution in [0.15, 0.2) is 49.1 Å². The van der Waals surface area contributed by atoms with E-state index in [0.29, 0.717) is 40.2 Å². The van der Waals surface area contributed by atoms with Crippen LogP contribution in [0.3, 0.4) is 0 Å². The Bertz CT molecular complexity index is 965. The van der Waals surface area contributed by atoms with Crippen LogP contribution in [-0.4, -0.2) is 30.8 Å². The molecule has 2 aromatic rings. The Morgan fingerprint density at radius 1 is 0.966 bits per heavy atom. The van der Waals surface area contributed by atoms with Gasteiger partial charge in [0, 0.05) is 35.1 Å². The molecule has 2 N–H and O–H groups in total. The second-order valence-electron chi connectivity index (χ2n) is 6.74. The number of benzene rings is 2. The summed E-state index contributed by atoms with van der Waals surface area (Å²) in [7, 11) is 0. The zero-order valence-corrected chi connectivity index (χ0v) is 16.4. The van der Waals surface area contributed by atoms with E-state index in [-0.39, 0.29) is 18.3 Å². The van der Waals surface area contributed by atoms with Crippen molar-refractivity contribution in [3.8, 4) is 0 Å². The Hall–Kier alpha value is -3.41. The number of hydrogen-bond donors (Lipinski definition) is 2. The molecule has 0 radical (unpaired) electrons. The summed E-state index contributed by atoms with van der Waals surface area (Å²) in [6.07, 6.45) is 4.21. The van der Waals surface area contributed by atoms with Crippen LogP contribution in [0.5, 0.6) is 0 Å². The fourth-order valence-electron chi connectivity index (χ4n) is 3.36. The Morgan fingerprint density at radius 3 is 2.10 bits per heavy atom. The van der Waals surface area contributed by atoms with Gasteiger partial charge >= 0.3 is 5.97 Å². The molecule has 0 bridgehead atoms. The first kappa shape index (κ1) is 20.3. The van der Waals surface area contributed by atoms with Gasteiger partial charge in [0.25, 0.3) is 0 Å². The maximum Gasteiger partial charge on any atom is 0.331 e. The minimum atomic E-state index is -0.576. The Morgan fingerprint density at radius 2 is 1.55 bits per heavy atom. The van der Waals surface area contributed by atoms with Crippen molar-refractivity contribution in [3.05, 3.63) is 71.3 Å². The molecule has 6 nitrogen and oxygen atoms in total. The predicted octanol–water partition coefficient (Wildman–Crippen LogP) is 4.16. The minimum Gasteiger partial charge on any atom is -0.441 e. The average Bonchev–Trinajstić information content (AvgIpc) is 2.75. The van der Waals surface area contributed by atoms with Crippen LogP contribution in [0.1, 0.15) is 58.0 Å². The first-order valence-electron chi connectivity index (χ1n) is 9.70. The molecule has 0 atom stereocenters. The number of fused-ring (bicyclic) bond motifs is 2. The van der Waals surface area contributed by atoms with Gasteiger partial charge in [0.2, 0.25) is 0 Å². The maximum atomic E-state index is 13.2. The first-order valence-corrected chi connectivity index (χ1v) is 9.70. The fraction of sp³-hybridized carbons (Fsp3) is 0.261. The molecule has 6 heteroatoms. The van der Waals surface area contributed by atoms with Crippen molar-refractivity contribution in [1.29, 1.82) is 0 Å². The summed E-state index contributed by atoms with van der Waals surface area (Å²) in [6.45, 7) is 6.05. The lowest BCUT2D eigenvalue weighted by Crippen LogP contribution is -2.25. The van der Waals surface area contributed by atoms with Crippen LogP contribution in [0.25, 0.3) is 0 Å². The predicted molar refractivity (Wildman–Crippen MR) is 113 cm³/mol. The molecule has 1 aliphatic rings. The summed E-state index contributed by atoms with van der Waals surface area (Å²) in [5.74, 6) is -1.00. The van der Waals surface area contributed by atoms with Gasteiger partial charge in [0.15, 0.2) is 18.3 Å². The van der Waals surface area contributed by atoms with Crippen LogP contribution < -0.4 is 10.6 Å². The zero-order chi connectivity index (χ0) is 20.8. The highest BCUT2D eigenvalue weighted by molar-refractivity contribution is 6.31. The molecule has 3 rings (SSSR count). The number of unbranched alkanes of at least 4 members (excludes halogenated alkanes) is 2. The second kappa shape index (κ2) is 9.19. The fourth-order valence-corrected chi connectivity index (χ4v) is 3.36. The lowest BCUT2D eigenvalue weighted by molar-refractivity contribution is -0.136. The smallest absolute Gasteiger partial charge is 0.331 e. The van der Waals surface area contributed by atoms with Crippen LogP contribution in [0.2, 0.25) is 0 Å². The van der Waals surface area contributed by atoms with Gasteiger partial charge in [-0.25, -0.2) is 4.79 Å². The molecule has 0 spiro atoms. The molecular formula is C23H24N2O4. The Labute approximate surface area is 170 Å². The largest absolute Gasteiger partial charge is 0.441 e. The Kier molecular flexibility index (Phi) is 6.44. The van der Waals surface area contributed by atoms with Crippen molar-refractivity contribution in [2.45, 2.75) is 26.2 Å². The third-order valence-electron chi connectivity index (χ3n) is 4.82. The van der Waals surface area contributed by atoms with E-state index in [1.807, 2.05) is 0 Å². The first-order chi connectivity index (χ1) is 14.1. The summed E-state index contributed by atoms with van der Waals surface area (Å²) >= 11 is 0. The van der Waals surface area contributed by atoms with E-state index in [4.69, 9.17) is 4.74 Å². The topological polar surface area (TPSA) is 84.5 Å². The molecule has 0 unspecified atom stereocenters. The van der Waals surface area contributed by atoms with Crippen molar-refractivity contribution in [2.75, 3.05) is 23.9 Å². The Balaban J connectivity index is 1.98. The molecule has 0 saturated heterocycles. The molecule has 150 valence electrons. The number of hydrogen-bond acceptors (Lipinski definition) is 6. The molecule has 0 aromatic heterocycles. The van der Waals surface area contributed by atoms with E-state index in [9.17, 15) is 14.4 Å². The van der Waals surface area contributed by atoms with Crippen molar-refractivity contribution in [3.63, 3.8) is 0 Å². The number of rotatable bonds is 9. The molecule has 1 aliphatic carbocycles. The van der Waals surface area contributed by atoms with Gasteiger partial charge in [-0.2, -0.15) is 0 Å². The average molecular weight is 392 g/mol. The molecule has 0 fully saturated rings. The molecule has 0 amide bonds. The van der Waals surface area contributed by atoms with E-state index in [1.165, 1.54) is 0 Å². The highest BCUT2D eigenvalue weighted by Gasteiger charge is 2.33. The van der Waals surface area contributed by atoms with Gasteiger partial charge < -0.3 is 15.4 Å². The van der Waals surface area contributed by atoms with Gasteiger partial charge in [-0.3, -0.25) is 9.59 Å². The van der Waals surface area contributed by atoms with Crippen LogP contribution >= 0.6 is 0 Å². The van der Waals surface area contributed by atoms with Gasteiger partial charge in [-0.1, -0.05) is 50.6 Å². The van der Waals surface area contributed by atoms with E-state index < -0.39 is 5.97 Å². The quantitative estimate of drug-likeness (QED) is 0.246. The van der Waals surface area contributed by atoms with Gasteiger partial charge in [0.1, 0.15) is 0 Å². The zero-order valence-electron chi connectivity index (χ0n) is 16.4. The van der Waals surface area contributed by atoms with Crippen LogP contribution in [0, 0.1) is 0 Å². The summed E-state index contributed by atoms with van der Waals surface area (Å²) in [4.78, 5) is 37.7. The van der Waals surface area contributed by atoms with Gasteiger partial charge in [0.05, 0.1) is 11.1 Å². The van der Waals surface area contributed by atoms with E-state index >= 15 is 0 Å². The van der Waals surface area contributed by atoms with Crippen molar-refractivity contribution < 1.29 is 19.1 Å².